The van der Waals surface area contributed by atoms with Crippen LogP contribution in [0.25, 0.3) is 0 Å². The number of rotatable bonds is 4. The minimum Gasteiger partial charge on any atom is -0.326 e. The van der Waals surface area contributed by atoms with E-state index in [1.54, 1.807) is 0 Å². The summed E-state index contributed by atoms with van der Waals surface area (Å²) in [7, 11) is -3.78. The van der Waals surface area contributed by atoms with Gasteiger partial charge < -0.3 is 5.32 Å². The summed E-state index contributed by atoms with van der Waals surface area (Å²) >= 11 is 9.14. The Labute approximate surface area is 177 Å². The Bertz CT molecular complexity index is 1010. The molecule has 5 nitrogen and oxygen atoms in total. The number of nitrogens with one attached hydrogen (secondary N) is 1. The van der Waals surface area contributed by atoms with Crippen LogP contribution in [0.1, 0.15) is 18.4 Å². The van der Waals surface area contributed by atoms with Crippen molar-refractivity contribution in [2.75, 3.05) is 18.4 Å². The lowest BCUT2D eigenvalue weighted by Crippen LogP contribution is -2.41. The molecule has 0 saturated carbocycles. The summed E-state index contributed by atoms with van der Waals surface area (Å²) in [6.07, 6.45) is 0.819. The van der Waals surface area contributed by atoms with Crippen LogP contribution in [0.5, 0.6) is 0 Å². The second-order valence-electron chi connectivity index (χ2n) is 6.71. The van der Waals surface area contributed by atoms with Crippen LogP contribution in [-0.2, 0) is 14.8 Å². The standard InChI is InChI=1S/C19H19BrClFN2O3S/c1-12-2-3-14(10-16(12)20)23-19(25)13-6-8-24(9-7-13)28(26,27)15-4-5-18(22)17(21)11-15/h2-5,10-11,13H,6-9H2,1H3,(H,23,25). The maximum absolute atomic E-state index is 13.3. The number of benzene rings is 2. The number of aryl methyl sites for hydroxylation is 1. The predicted octanol–water partition coefficient (Wildman–Crippen LogP) is 4.59. The third-order valence-electron chi connectivity index (χ3n) is 4.79. The summed E-state index contributed by atoms with van der Waals surface area (Å²) in [4.78, 5) is 12.5. The van der Waals surface area contributed by atoms with Crippen LogP contribution in [0.4, 0.5) is 10.1 Å². The first-order valence-electron chi connectivity index (χ1n) is 8.70. The topological polar surface area (TPSA) is 66.5 Å². The fourth-order valence-electron chi connectivity index (χ4n) is 3.06. The number of nitrogens with zero attached hydrogens (tertiary/aromatic N) is 1. The zero-order valence-corrected chi connectivity index (χ0v) is 18.2. The highest BCUT2D eigenvalue weighted by molar-refractivity contribution is 9.10. The van der Waals surface area contributed by atoms with Crippen molar-refractivity contribution in [2.24, 2.45) is 5.92 Å². The number of carbonyl (C=O) groups is 1. The Morgan fingerprint density at radius 2 is 1.89 bits per heavy atom. The molecule has 1 aliphatic rings. The van der Waals surface area contributed by atoms with Crippen LogP contribution in [0.2, 0.25) is 5.02 Å². The molecule has 2 aromatic rings. The minimum absolute atomic E-state index is 0.0497. The molecule has 150 valence electrons. The first-order chi connectivity index (χ1) is 13.2. The first-order valence-corrected chi connectivity index (χ1v) is 11.3. The van der Waals surface area contributed by atoms with Crippen molar-refractivity contribution in [2.45, 2.75) is 24.7 Å². The number of amides is 1. The average molecular weight is 490 g/mol. The molecule has 28 heavy (non-hydrogen) atoms. The van der Waals surface area contributed by atoms with E-state index in [4.69, 9.17) is 11.6 Å². The fourth-order valence-corrected chi connectivity index (χ4v) is 5.18. The van der Waals surface area contributed by atoms with E-state index in [2.05, 4.69) is 21.2 Å². The van der Waals surface area contributed by atoms with Gasteiger partial charge in [-0.1, -0.05) is 33.6 Å². The Morgan fingerprint density at radius 3 is 2.50 bits per heavy atom. The number of hydrogen-bond donors (Lipinski definition) is 1. The maximum Gasteiger partial charge on any atom is 0.243 e. The molecule has 1 saturated heterocycles. The van der Waals surface area contributed by atoms with Gasteiger partial charge in [0.25, 0.3) is 0 Å². The monoisotopic (exact) mass is 488 g/mol. The summed E-state index contributed by atoms with van der Waals surface area (Å²) in [6, 6.07) is 8.92. The summed E-state index contributed by atoms with van der Waals surface area (Å²) in [5.41, 5.74) is 1.76. The summed E-state index contributed by atoms with van der Waals surface area (Å²) in [5, 5.41) is 2.65. The third kappa shape index (κ3) is 4.56. The highest BCUT2D eigenvalue weighted by Crippen LogP contribution is 2.28. The van der Waals surface area contributed by atoms with E-state index in [0.29, 0.717) is 18.5 Å². The molecule has 1 heterocycles. The average Bonchev–Trinajstić information content (AvgIpc) is 2.67. The number of anilines is 1. The molecule has 0 unspecified atom stereocenters. The Morgan fingerprint density at radius 1 is 1.21 bits per heavy atom. The van der Waals surface area contributed by atoms with Crippen molar-refractivity contribution in [1.82, 2.24) is 4.31 Å². The van der Waals surface area contributed by atoms with E-state index < -0.39 is 15.8 Å². The molecular formula is C19H19BrClFN2O3S. The molecule has 1 N–H and O–H groups in total. The van der Waals surface area contributed by atoms with Crippen molar-refractivity contribution in [3.8, 4) is 0 Å². The SMILES string of the molecule is Cc1ccc(NC(=O)C2CCN(S(=O)(=O)c3ccc(F)c(Cl)c3)CC2)cc1Br. The minimum atomic E-state index is -3.78. The number of carbonyl (C=O) groups excluding carboxylic acids is 1. The lowest BCUT2D eigenvalue weighted by Gasteiger charge is -2.30. The van der Waals surface area contributed by atoms with Gasteiger partial charge in [-0.2, -0.15) is 4.31 Å². The van der Waals surface area contributed by atoms with Crippen LogP contribution in [0.3, 0.4) is 0 Å². The van der Waals surface area contributed by atoms with Crippen molar-refractivity contribution >= 4 is 49.1 Å². The van der Waals surface area contributed by atoms with Gasteiger partial charge in [0.15, 0.2) is 0 Å². The van der Waals surface area contributed by atoms with Crippen molar-refractivity contribution in [1.29, 1.82) is 0 Å². The van der Waals surface area contributed by atoms with Crippen LogP contribution < -0.4 is 5.32 Å². The number of halogens is 3. The van der Waals surface area contributed by atoms with Gasteiger partial charge in [0.2, 0.25) is 15.9 Å². The fraction of sp³-hybridized carbons (Fsp3) is 0.316. The molecule has 1 fully saturated rings. The molecule has 0 aliphatic carbocycles. The van der Waals surface area contributed by atoms with E-state index >= 15 is 0 Å². The highest BCUT2D eigenvalue weighted by atomic mass is 79.9. The lowest BCUT2D eigenvalue weighted by molar-refractivity contribution is -0.120. The zero-order chi connectivity index (χ0) is 20.5. The second kappa shape index (κ2) is 8.49. The van der Waals surface area contributed by atoms with Gasteiger partial charge in [0, 0.05) is 29.2 Å². The first kappa shape index (κ1) is 21.2. The molecule has 1 amide bonds. The predicted molar refractivity (Wildman–Crippen MR) is 110 cm³/mol. The number of hydrogen-bond acceptors (Lipinski definition) is 3. The number of piperidine rings is 1. The van der Waals surface area contributed by atoms with Gasteiger partial charge in [0.1, 0.15) is 5.82 Å². The lowest BCUT2D eigenvalue weighted by atomic mass is 9.97. The van der Waals surface area contributed by atoms with E-state index in [0.717, 1.165) is 22.2 Å². The van der Waals surface area contributed by atoms with Gasteiger partial charge in [-0.25, -0.2) is 12.8 Å². The zero-order valence-electron chi connectivity index (χ0n) is 15.1. The Hall–Kier alpha value is -1.48. The summed E-state index contributed by atoms with van der Waals surface area (Å²) in [6.45, 7) is 2.39. The van der Waals surface area contributed by atoms with Crippen molar-refractivity contribution in [3.63, 3.8) is 0 Å². The molecule has 3 rings (SSSR count). The van der Waals surface area contributed by atoms with Gasteiger partial charge in [-0.05, 0) is 55.7 Å². The molecular weight excluding hydrogens is 471 g/mol. The van der Waals surface area contributed by atoms with Crippen LogP contribution >= 0.6 is 27.5 Å². The Kier molecular flexibility index (Phi) is 6.44. The quantitative estimate of drug-likeness (QED) is 0.683. The van der Waals surface area contributed by atoms with Crippen molar-refractivity contribution < 1.29 is 17.6 Å². The molecule has 0 bridgehead atoms. The van der Waals surface area contributed by atoms with Gasteiger partial charge in [0.05, 0.1) is 9.92 Å². The van der Waals surface area contributed by atoms with Crippen LogP contribution in [0, 0.1) is 18.7 Å². The largest absolute Gasteiger partial charge is 0.326 e. The van der Waals surface area contributed by atoms with Gasteiger partial charge in [-0.3, -0.25) is 4.79 Å². The summed E-state index contributed by atoms with van der Waals surface area (Å²) in [5.74, 6) is -1.07. The third-order valence-corrected chi connectivity index (χ3v) is 7.83. The number of sulfonamides is 1. The molecule has 0 spiro atoms. The normalized spacial score (nSPS) is 16.1. The van der Waals surface area contributed by atoms with Gasteiger partial charge in [-0.15, -0.1) is 0 Å². The van der Waals surface area contributed by atoms with Crippen LogP contribution in [0.15, 0.2) is 45.8 Å². The van der Waals surface area contributed by atoms with Crippen molar-refractivity contribution in [3.05, 3.63) is 57.3 Å². The van der Waals surface area contributed by atoms with E-state index in [1.165, 1.54) is 10.4 Å². The smallest absolute Gasteiger partial charge is 0.243 e. The van der Waals surface area contributed by atoms with E-state index in [1.807, 2.05) is 25.1 Å². The molecule has 2 aromatic carbocycles. The highest BCUT2D eigenvalue weighted by Gasteiger charge is 2.32. The maximum atomic E-state index is 13.3. The van der Waals surface area contributed by atoms with Crippen LogP contribution in [-0.4, -0.2) is 31.7 Å². The molecule has 0 radical (unpaired) electrons. The second-order valence-corrected chi connectivity index (χ2v) is 9.91. The molecule has 0 aromatic heterocycles. The Balaban J connectivity index is 1.63. The molecule has 0 atom stereocenters. The summed E-state index contributed by atoms with van der Waals surface area (Å²) < 4.78 is 41.0. The van der Waals surface area contributed by atoms with Gasteiger partial charge >= 0.3 is 0 Å². The van der Waals surface area contributed by atoms with E-state index in [9.17, 15) is 17.6 Å². The molecule has 1 aliphatic heterocycles. The molecule has 9 heteroatoms. The van der Waals surface area contributed by atoms with E-state index in [-0.39, 0.29) is 34.8 Å².